The molecule has 0 saturated heterocycles. The molecule has 0 aliphatic heterocycles. The molecule has 1 heteroatoms. The third-order valence-corrected chi connectivity index (χ3v) is 4.88. The molecule has 2 unspecified atom stereocenters. The second-order valence-corrected chi connectivity index (χ2v) is 5.55. The zero-order chi connectivity index (χ0) is 10.7. The van der Waals surface area contributed by atoms with Crippen molar-refractivity contribution in [2.45, 2.75) is 57.4 Å². The van der Waals surface area contributed by atoms with Crippen LogP contribution in [-0.4, -0.2) is 13.1 Å². The first-order valence-electron chi connectivity index (χ1n) is 6.59. The van der Waals surface area contributed by atoms with Gasteiger partial charge in [-0.1, -0.05) is 18.9 Å². The maximum absolute atomic E-state index is 3.94. The van der Waals surface area contributed by atoms with Crippen LogP contribution in [0.4, 0.5) is 0 Å². The van der Waals surface area contributed by atoms with Gasteiger partial charge < -0.3 is 5.32 Å². The summed E-state index contributed by atoms with van der Waals surface area (Å²) in [6.07, 6.45) is 13.5. The van der Waals surface area contributed by atoms with Gasteiger partial charge >= 0.3 is 0 Å². The largest absolute Gasteiger partial charge is 0.317 e. The molecule has 0 aromatic heterocycles. The number of hydrogen-bond donors (Lipinski definition) is 1. The van der Waals surface area contributed by atoms with Crippen molar-refractivity contribution in [1.82, 2.24) is 5.32 Å². The zero-order valence-electron chi connectivity index (χ0n) is 10.1. The molecule has 0 aromatic rings. The summed E-state index contributed by atoms with van der Waals surface area (Å²) in [4.78, 5) is 0. The van der Waals surface area contributed by atoms with Crippen LogP contribution in [0, 0.1) is 11.3 Å². The Morgan fingerprint density at radius 2 is 2.07 bits per heavy atom. The van der Waals surface area contributed by atoms with E-state index < -0.39 is 0 Å². The molecule has 1 spiro atoms. The second kappa shape index (κ2) is 4.69. The minimum atomic E-state index is 0.710. The molecule has 0 aromatic carbocycles. The van der Waals surface area contributed by atoms with Crippen LogP contribution in [0.5, 0.6) is 0 Å². The normalized spacial score (nSPS) is 34.5. The Labute approximate surface area is 94.3 Å². The summed E-state index contributed by atoms with van der Waals surface area (Å²) < 4.78 is 0. The third kappa shape index (κ3) is 2.13. The van der Waals surface area contributed by atoms with E-state index >= 15 is 0 Å². The molecule has 0 radical (unpaired) electrons. The fourth-order valence-electron chi connectivity index (χ4n) is 3.92. The first-order chi connectivity index (χ1) is 7.30. The Hall–Kier alpha value is -0.300. The molecule has 1 nitrogen and oxygen atoms in total. The van der Waals surface area contributed by atoms with E-state index in [-0.39, 0.29) is 0 Å². The van der Waals surface area contributed by atoms with Crippen LogP contribution in [-0.2, 0) is 0 Å². The van der Waals surface area contributed by atoms with Crippen LogP contribution in [0.2, 0.25) is 0 Å². The van der Waals surface area contributed by atoms with Gasteiger partial charge in [-0.25, -0.2) is 0 Å². The Bertz CT molecular complexity index is 215. The van der Waals surface area contributed by atoms with E-state index in [9.17, 15) is 0 Å². The highest BCUT2D eigenvalue weighted by Gasteiger charge is 2.43. The van der Waals surface area contributed by atoms with Crippen molar-refractivity contribution in [3.63, 3.8) is 0 Å². The van der Waals surface area contributed by atoms with Gasteiger partial charge in [-0.2, -0.15) is 0 Å². The van der Waals surface area contributed by atoms with Gasteiger partial charge in [0, 0.05) is 6.04 Å². The van der Waals surface area contributed by atoms with Gasteiger partial charge in [0.15, 0.2) is 0 Å². The van der Waals surface area contributed by atoms with E-state index in [1.807, 2.05) is 0 Å². The summed E-state index contributed by atoms with van der Waals surface area (Å²) in [7, 11) is 2.11. The number of hydrogen-bond acceptors (Lipinski definition) is 1. The molecule has 2 atom stereocenters. The van der Waals surface area contributed by atoms with E-state index in [1.165, 1.54) is 51.4 Å². The maximum atomic E-state index is 3.94. The highest BCUT2D eigenvalue weighted by atomic mass is 14.9. The van der Waals surface area contributed by atoms with Crippen molar-refractivity contribution in [2.75, 3.05) is 7.05 Å². The Balaban J connectivity index is 2.06. The minimum absolute atomic E-state index is 0.710. The van der Waals surface area contributed by atoms with E-state index in [0.717, 1.165) is 12.0 Å². The molecule has 1 N–H and O–H groups in total. The molecule has 2 saturated carbocycles. The molecule has 0 bridgehead atoms. The lowest BCUT2D eigenvalue weighted by molar-refractivity contribution is 0.0841. The van der Waals surface area contributed by atoms with Gasteiger partial charge in [0.1, 0.15) is 0 Å². The first kappa shape index (κ1) is 11.2. The lowest BCUT2D eigenvalue weighted by Gasteiger charge is -2.44. The molecular formula is C14H25N. The summed E-state index contributed by atoms with van der Waals surface area (Å²) in [5.41, 5.74) is 0.710. The molecule has 15 heavy (non-hydrogen) atoms. The molecule has 86 valence electrons. The summed E-state index contributed by atoms with van der Waals surface area (Å²) in [5.74, 6) is 0.906. The third-order valence-electron chi connectivity index (χ3n) is 4.88. The Kier molecular flexibility index (Phi) is 3.50. The van der Waals surface area contributed by atoms with E-state index in [4.69, 9.17) is 0 Å². The van der Waals surface area contributed by atoms with Crippen molar-refractivity contribution >= 4 is 0 Å². The molecule has 2 rings (SSSR count). The highest BCUT2D eigenvalue weighted by molar-refractivity contribution is 4.98. The maximum Gasteiger partial charge on any atom is 0.00672 e. The lowest BCUT2D eigenvalue weighted by atomic mass is 9.63. The summed E-state index contributed by atoms with van der Waals surface area (Å²) >= 11 is 0. The van der Waals surface area contributed by atoms with Crippen LogP contribution < -0.4 is 5.32 Å². The van der Waals surface area contributed by atoms with Crippen LogP contribution in [0.3, 0.4) is 0 Å². The van der Waals surface area contributed by atoms with Crippen LogP contribution in [0.25, 0.3) is 0 Å². The molecular weight excluding hydrogens is 182 g/mol. The molecule has 2 aliphatic carbocycles. The van der Waals surface area contributed by atoms with Crippen LogP contribution in [0.1, 0.15) is 51.4 Å². The van der Waals surface area contributed by atoms with E-state index in [2.05, 4.69) is 25.0 Å². The topological polar surface area (TPSA) is 12.0 Å². The molecule has 0 amide bonds. The van der Waals surface area contributed by atoms with E-state index in [1.54, 1.807) is 0 Å². The average Bonchev–Trinajstić information content (AvgIpc) is 2.72. The van der Waals surface area contributed by atoms with E-state index in [0.29, 0.717) is 5.41 Å². The monoisotopic (exact) mass is 207 g/mol. The Morgan fingerprint density at radius 1 is 1.33 bits per heavy atom. The van der Waals surface area contributed by atoms with Crippen molar-refractivity contribution < 1.29 is 0 Å². The summed E-state index contributed by atoms with van der Waals surface area (Å²) in [5, 5.41) is 3.46. The van der Waals surface area contributed by atoms with Gasteiger partial charge in [-0.3, -0.25) is 0 Å². The van der Waals surface area contributed by atoms with Gasteiger partial charge in [0.25, 0.3) is 0 Å². The quantitative estimate of drug-likeness (QED) is 0.698. The predicted molar refractivity (Wildman–Crippen MR) is 65.9 cm³/mol. The number of nitrogens with one attached hydrogen (secondary N) is 1. The smallest absolute Gasteiger partial charge is 0.00672 e. The van der Waals surface area contributed by atoms with Gasteiger partial charge in [0.2, 0.25) is 0 Å². The van der Waals surface area contributed by atoms with Crippen molar-refractivity contribution in [3.05, 3.63) is 12.7 Å². The molecule has 0 heterocycles. The number of allylic oxidation sites excluding steroid dienone is 1. The van der Waals surface area contributed by atoms with Gasteiger partial charge in [-0.15, -0.1) is 6.58 Å². The van der Waals surface area contributed by atoms with Crippen molar-refractivity contribution in [3.8, 4) is 0 Å². The Morgan fingerprint density at radius 3 is 2.67 bits per heavy atom. The molecule has 2 fully saturated rings. The summed E-state index contributed by atoms with van der Waals surface area (Å²) in [6.45, 7) is 3.94. The predicted octanol–water partition coefficient (Wildman–Crippen LogP) is 3.51. The first-order valence-corrected chi connectivity index (χ1v) is 6.59. The van der Waals surface area contributed by atoms with Crippen LogP contribution in [0.15, 0.2) is 12.7 Å². The minimum Gasteiger partial charge on any atom is -0.317 e. The second-order valence-electron chi connectivity index (χ2n) is 5.55. The highest BCUT2D eigenvalue weighted by Crippen LogP contribution is 2.53. The van der Waals surface area contributed by atoms with Crippen LogP contribution >= 0.6 is 0 Å². The van der Waals surface area contributed by atoms with Crippen molar-refractivity contribution in [1.29, 1.82) is 0 Å². The fraction of sp³-hybridized carbons (Fsp3) is 0.857. The summed E-state index contributed by atoms with van der Waals surface area (Å²) in [6, 6.07) is 0.765. The SMILES string of the molecule is C=CCC1CC(NC)CCC12CCCC2. The van der Waals surface area contributed by atoms with Crippen molar-refractivity contribution in [2.24, 2.45) is 11.3 Å². The average molecular weight is 207 g/mol. The lowest BCUT2D eigenvalue weighted by Crippen LogP contribution is -2.41. The van der Waals surface area contributed by atoms with Gasteiger partial charge in [-0.05, 0) is 56.9 Å². The van der Waals surface area contributed by atoms with Gasteiger partial charge in [0.05, 0.1) is 0 Å². The fourth-order valence-corrected chi connectivity index (χ4v) is 3.92. The zero-order valence-corrected chi connectivity index (χ0v) is 10.1. The number of rotatable bonds is 3. The standard InChI is InChI=1S/C14H25N/c1-3-6-12-11-13(15-2)7-10-14(12)8-4-5-9-14/h3,12-13,15H,1,4-11H2,2H3. The molecule has 2 aliphatic rings.